The van der Waals surface area contributed by atoms with E-state index in [2.05, 4.69) is 10.6 Å². The molecule has 156 valence electrons. The fourth-order valence-corrected chi connectivity index (χ4v) is 2.52. The van der Waals surface area contributed by atoms with Crippen molar-refractivity contribution in [2.75, 3.05) is 6.61 Å². The molecule has 0 bridgehead atoms. The highest BCUT2D eigenvalue weighted by molar-refractivity contribution is 5.90. The zero-order chi connectivity index (χ0) is 21.3. The molecule has 7 heteroatoms. The lowest BCUT2D eigenvalue weighted by Crippen LogP contribution is -2.55. The maximum absolute atomic E-state index is 12.8. The Labute approximate surface area is 167 Å². The van der Waals surface area contributed by atoms with Crippen molar-refractivity contribution in [2.24, 2.45) is 5.92 Å². The molecular formula is C21H32N2O5. The maximum atomic E-state index is 12.8. The summed E-state index contributed by atoms with van der Waals surface area (Å²) in [6.45, 7) is 10.8. The summed E-state index contributed by atoms with van der Waals surface area (Å²) in [5, 5.41) is 5.30. The van der Waals surface area contributed by atoms with E-state index in [0.717, 1.165) is 5.56 Å². The van der Waals surface area contributed by atoms with Crippen LogP contribution in [0.15, 0.2) is 30.3 Å². The number of hydrogen-bond donors (Lipinski definition) is 2. The van der Waals surface area contributed by atoms with Gasteiger partial charge in [0.1, 0.15) is 17.7 Å². The van der Waals surface area contributed by atoms with Crippen LogP contribution in [0.5, 0.6) is 0 Å². The molecule has 0 aliphatic carbocycles. The molecule has 0 fully saturated rings. The van der Waals surface area contributed by atoms with Gasteiger partial charge >= 0.3 is 12.1 Å². The molecule has 0 aliphatic heterocycles. The van der Waals surface area contributed by atoms with Gasteiger partial charge in [-0.1, -0.05) is 44.2 Å². The summed E-state index contributed by atoms with van der Waals surface area (Å²) in [5.41, 5.74) is 0.213. The third-order valence-electron chi connectivity index (χ3n) is 3.79. The van der Waals surface area contributed by atoms with E-state index in [1.807, 2.05) is 30.3 Å². The zero-order valence-corrected chi connectivity index (χ0v) is 17.6. The fraction of sp³-hybridized carbons (Fsp3) is 0.571. The number of ether oxygens (including phenoxy) is 2. The smallest absolute Gasteiger partial charge is 0.408 e. The molecule has 0 unspecified atom stereocenters. The van der Waals surface area contributed by atoms with Crippen LogP contribution in [0.2, 0.25) is 0 Å². The van der Waals surface area contributed by atoms with Crippen molar-refractivity contribution in [1.82, 2.24) is 10.6 Å². The second kappa shape index (κ2) is 10.7. The highest BCUT2D eigenvalue weighted by atomic mass is 16.6. The molecule has 2 amide bonds. The third-order valence-corrected chi connectivity index (χ3v) is 3.79. The van der Waals surface area contributed by atoms with E-state index in [9.17, 15) is 14.4 Å². The molecule has 1 rings (SSSR count). The molecule has 1 aromatic carbocycles. The Morgan fingerprint density at radius 3 is 2.14 bits per heavy atom. The van der Waals surface area contributed by atoms with Crippen molar-refractivity contribution in [3.63, 3.8) is 0 Å². The van der Waals surface area contributed by atoms with Crippen molar-refractivity contribution < 1.29 is 23.9 Å². The van der Waals surface area contributed by atoms with Gasteiger partial charge in [-0.05, 0) is 39.2 Å². The first-order chi connectivity index (χ1) is 13.0. The minimum absolute atomic E-state index is 0.202. The van der Waals surface area contributed by atoms with E-state index in [1.54, 1.807) is 41.5 Å². The monoisotopic (exact) mass is 392 g/mol. The first-order valence-electron chi connectivity index (χ1n) is 9.54. The third kappa shape index (κ3) is 8.41. The summed E-state index contributed by atoms with van der Waals surface area (Å²) in [7, 11) is 0. The van der Waals surface area contributed by atoms with Crippen molar-refractivity contribution in [1.29, 1.82) is 0 Å². The van der Waals surface area contributed by atoms with Gasteiger partial charge in [-0.2, -0.15) is 0 Å². The number of carbonyl (C=O) groups excluding carboxylic acids is 3. The number of nitrogens with one attached hydrogen (secondary N) is 2. The molecule has 0 saturated carbocycles. The van der Waals surface area contributed by atoms with Gasteiger partial charge in [0, 0.05) is 6.42 Å². The van der Waals surface area contributed by atoms with Crippen LogP contribution in [-0.4, -0.2) is 42.3 Å². The molecule has 0 heterocycles. The second-order valence-electron chi connectivity index (χ2n) is 7.87. The summed E-state index contributed by atoms with van der Waals surface area (Å²) in [6.07, 6.45) is -0.389. The van der Waals surface area contributed by atoms with Gasteiger partial charge in [0.15, 0.2) is 0 Å². The van der Waals surface area contributed by atoms with Crippen LogP contribution in [0.25, 0.3) is 0 Å². The number of rotatable bonds is 8. The maximum Gasteiger partial charge on any atom is 0.408 e. The molecule has 0 aromatic heterocycles. The van der Waals surface area contributed by atoms with E-state index in [-0.39, 0.29) is 12.5 Å². The molecular weight excluding hydrogens is 360 g/mol. The number of esters is 1. The summed E-state index contributed by atoms with van der Waals surface area (Å²) < 4.78 is 10.3. The van der Waals surface area contributed by atoms with Crippen LogP contribution in [0.4, 0.5) is 4.79 Å². The summed E-state index contributed by atoms with van der Waals surface area (Å²) in [4.78, 5) is 37.2. The van der Waals surface area contributed by atoms with E-state index in [0.29, 0.717) is 6.42 Å². The molecule has 1 aromatic rings. The Balaban J connectivity index is 2.89. The van der Waals surface area contributed by atoms with Crippen molar-refractivity contribution in [3.8, 4) is 0 Å². The van der Waals surface area contributed by atoms with E-state index in [1.165, 1.54) is 0 Å². The van der Waals surface area contributed by atoms with Crippen LogP contribution in [0.1, 0.15) is 47.1 Å². The molecule has 0 aliphatic rings. The summed E-state index contributed by atoms with van der Waals surface area (Å²) in [5.74, 6) is -1.18. The van der Waals surface area contributed by atoms with Gasteiger partial charge in [0.25, 0.3) is 0 Å². The van der Waals surface area contributed by atoms with E-state index in [4.69, 9.17) is 9.47 Å². The Morgan fingerprint density at radius 2 is 1.64 bits per heavy atom. The largest absolute Gasteiger partial charge is 0.464 e. The van der Waals surface area contributed by atoms with Gasteiger partial charge in [-0.15, -0.1) is 0 Å². The van der Waals surface area contributed by atoms with Gasteiger partial charge < -0.3 is 20.1 Å². The van der Waals surface area contributed by atoms with E-state index < -0.39 is 35.7 Å². The first kappa shape index (κ1) is 23.5. The Hall–Kier alpha value is -2.57. The lowest BCUT2D eigenvalue weighted by atomic mass is 10.0. The van der Waals surface area contributed by atoms with Crippen molar-refractivity contribution >= 4 is 18.0 Å². The van der Waals surface area contributed by atoms with Crippen LogP contribution >= 0.6 is 0 Å². The van der Waals surface area contributed by atoms with Gasteiger partial charge in [0.2, 0.25) is 5.91 Å². The van der Waals surface area contributed by atoms with Crippen LogP contribution in [0, 0.1) is 5.92 Å². The number of benzene rings is 1. The minimum atomic E-state index is -0.850. The highest BCUT2D eigenvalue weighted by Crippen LogP contribution is 2.10. The fourth-order valence-electron chi connectivity index (χ4n) is 2.52. The topological polar surface area (TPSA) is 93.7 Å². The second-order valence-corrected chi connectivity index (χ2v) is 7.87. The summed E-state index contributed by atoms with van der Waals surface area (Å²) in [6, 6.07) is 7.65. The van der Waals surface area contributed by atoms with Crippen LogP contribution in [-0.2, 0) is 25.5 Å². The standard InChI is InChI=1S/C21H32N2O5/c1-7-27-19(25)16(13-15-11-9-8-10-12-15)22-18(24)17(14(2)3)23-20(26)28-21(4,5)6/h8-12,14,16-17H,7,13H2,1-6H3,(H,22,24)(H,23,26)/t16-,17-/m0/s1. The lowest BCUT2D eigenvalue weighted by Gasteiger charge is -2.26. The predicted octanol–water partition coefficient (Wildman–Crippen LogP) is 2.83. The predicted molar refractivity (Wildman–Crippen MR) is 107 cm³/mol. The average Bonchev–Trinajstić information content (AvgIpc) is 2.58. The number of amides is 2. The number of carbonyl (C=O) groups is 3. The molecule has 2 N–H and O–H groups in total. The number of alkyl carbamates (subject to hydrolysis) is 1. The Kier molecular flexibility index (Phi) is 8.96. The Bertz CT molecular complexity index is 653. The van der Waals surface area contributed by atoms with Crippen molar-refractivity contribution in [2.45, 2.75) is 65.6 Å². The molecule has 7 nitrogen and oxygen atoms in total. The van der Waals surface area contributed by atoms with Crippen LogP contribution < -0.4 is 10.6 Å². The summed E-state index contributed by atoms with van der Waals surface area (Å²) >= 11 is 0. The van der Waals surface area contributed by atoms with Gasteiger partial charge in [-0.3, -0.25) is 4.79 Å². The van der Waals surface area contributed by atoms with E-state index >= 15 is 0 Å². The van der Waals surface area contributed by atoms with Gasteiger partial charge in [0.05, 0.1) is 6.61 Å². The molecule has 0 saturated heterocycles. The molecule has 0 radical (unpaired) electrons. The minimum Gasteiger partial charge on any atom is -0.464 e. The molecule has 2 atom stereocenters. The SMILES string of the molecule is CCOC(=O)[C@H](Cc1ccccc1)NC(=O)[C@@H](NC(=O)OC(C)(C)C)C(C)C. The Morgan fingerprint density at radius 1 is 1.04 bits per heavy atom. The lowest BCUT2D eigenvalue weighted by molar-refractivity contribution is -0.147. The zero-order valence-electron chi connectivity index (χ0n) is 17.6. The normalized spacial score (nSPS) is 13.4. The quantitative estimate of drug-likeness (QED) is 0.664. The van der Waals surface area contributed by atoms with Crippen LogP contribution in [0.3, 0.4) is 0 Å². The highest BCUT2D eigenvalue weighted by Gasteiger charge is 2.30. The average molecular weight is 392 g/mol. The molecule has 28 heavy (non-hydrogen) atoms. The van der Waals surface area contributed by atoms with Gasteiger partial charge in [-0.25, -0.2) is 9.59 Å². The first-order valence-corrected chi connectivity index (χ1v) is 9.54. The molecule has 0 spiro atoms. The number of hydrogen-bond acceptors (Lipinski definition) is 5. The van der Waals surface area contributed by atoms with Crippen molar-refractivity contribution in [3.05, 3.63) is 35.9 Å².